The van der Waals surface area contributed by atoms with Gasteiger partial charge in [-0.2, -0.15) is 0 Å². The maximum atomic E-state index is 12.2. The van der Waals surface area contributed by atoms with Crippen LogP contribution in [0.1, 0.15) is 44.7 Å². The molecular formula is C15H25NO2S. The molecule has 0 aliphatic carbocycles. The molecule has 19 heavy (non-hydrogen) atoms. The smallest absolute Gasteiger partial charge is 0.211 e. The minimum Gasteiger partial charge on any atom is -0.211 e. The number of hydrogen-bond donors (Lipinski definition) is 1. The molecule has 108 valence electrons. The van der Waals surface area contributed by atoms with Crippen molar-refractivity contribution in [3.8, 4) is 0 Å². The van der Waals surface area contributed by atoms with Gasteiger partial charge in [0.15, 0.2) is 0 Å². The lowest BCUT2D eigenvalue weighted by molar-refractivity contribution is 0.365. The van der Waals surface area contributed by atoms with Crippen molar-refractivity contribution < 1.29 is 8.42 Å². The Bertz CT molecular complexity index is 528. The zero-order chi connectivity index (χ0) is 14.7. The van der Waals surface area contributed by atoms with E-state index in [1.54, 1.807) is 6.07 Å². The first-order valence-corrected chi connectivity index (χ1v) is 8.17. The molecule has 4 heteroatoms. The van der Waals surface area contributed by atoms with Crippen LogP contribution in [0.15, 0.2) is 23.1 Å². The molecule has 0 bridgehead atoms. The summed E-state index contributed by atoms with van der Waals surface area (Å²) in [6, 6.07) is 5.49. The van der Waals surface area contributed by atoms with Gasteiger partial charge in [-0.3, -0.25) is 0 Å². The highest BCUT2D eigenvalue weighted by Gasteiger charge is 2.17. The van der Waals surface area contributed by atoms with Crippen LogP contribution in [0.2, 0.25) is 0 Å². The van der Waals surface area contributed by atoms with Gasteiger partial charge in [0.1, 0.15) is 0 Å². The fraction of sp³-hybridized carbons (Fsp3) is 0.600. The number of hydrogen-bond acceptors (Lipinski definition) is 2. The quantitative estimate of drug-likeness (QED) is 0.842. The second kappa shape index (κ2) is 6.06. The Kier molecular flexibility index (Phi) is 5.16. The third kappa shape index (κ3) is 5.33. The first-order chi connectivity index (χ1) is 8.62. The molecule has 3 nitrogen and oxygen atoms in total. The van der Waals surface area contributed by atoms with Gasteiger partial charge in [0.25, 0.3) is 0 Å². The summed E-state index contributed by atoms with van der Waals surface area (Å²) in [5.41, 5.74) is 1.99. The highest BCUT2D eigenvalue weighted by molar-refractivity contribution is 7.89. The van der Waals surface area contributed by atoms with Gasteiger partial charge in [-0.05, 0) is 49.3 Å². The molecule has 1 aromatic rings. The van der Waals surface area contributed by atoms with E-state index in [1.165, 1.54) is 0 Å². The zero-order valence-electron chi connectivity index (χ0n) is 12.6. The van der Waals surface area contributed by atoms with E-state index < -0.39 is 10.0 Å². The average Bonchev–Trinajstić information content (AvgIpc) is 2.26. The van der Waals surface area contributed by atoms with E-state index in [1.807, 2.05) is 26.0 Å². The van der Waals surface area contributed by atoms with Crippen LogP contribution in [0.25, 0.3) is 0 Å². The van der Waals surface area contributed by atoms with Crippen molar-refractivity contribution in [1.29, 1.82) is 0 Å². The van der Waals surface area contributed by atoms with Gasteiger partial charge in [0.05, 0.1) is 4.90 Å². The standard InChI is InChI=1S/C15H25NO2S/c1-12-7-8-13(2)14(11-12)19(17,18)16-10-6-9-15(3,4)5/h7-8,11,16H,6,9-10H2,1-5H3. The van der Waals surface area contributed by atoms with E-state index in [4.69, 9.17) is 0 Å². The molecule has 0 atom stereocenters. The van der Waals surface area contributed by atoms with Crippen LogP contribution >= 0.6 is 0 Å². The molecule has 0 amide bonds. The van der Waals surface area contributed by atoms with Crippen molar-refractivity contribution in [1.82, 2.24) is 4.72 Å². The Hall–Kier alpha value is -0.870. The van der Waals surface area contributed by atoms with Crippen molar-refractivity contribution in [2.75, 3.05) is 6.54 Å². The molecule has 0 unspecified atom stereocenters. The lowest BCUT2D eigenvalue weighted by Crippen LogP contribution is -2.26. The normalized spacial score (nSPS) is 12.7. The zero-order valence-corrected chi connectivity index (χ0v) is 13.4. The van der Waals surface area contributed by atoms with Crippen LogP contribution in [0.5, 0.6) is 0 Å². The summed E-state index contributed by atoms with van der Waals surface area (Å²) < 4.78 is 27.1. The molecular weight excluding hydrogens is 258 g/mol. The minimum absolute atomic E-state index is 0.241. The van der Waals surface area contributed by atoms with Gasteiger partial charge in [0, 0.05) is 6.54 Å². The maximum Gasteiger partial charge on any atom is 0.240 e. The molecule has 0 aromatic heterocycles. The minimum atomic E-state index is -3.38. The summed E-state index contributed by atoms with van der Waals surface area (Å²) >= 11 is 0. The molecule has 1 aromatic carbocycles. The number of rotatable bonds is 5. The SMILES string of the molecule is Cc1ccc(C)c(S(=O)(=O)NCCCC(C)(C)C)c1. The van der Waals surface area contributed by atoms with E-state index in [0.717, 1.165) is 24.0 Å². The summed E-state index contributed by atoms with van der Waals surface area (Å²) in [7, 11) is -3.38. The molecule has 0 saturated heterocycles. The summed E-state index contributed by atoms with van der Waals surface area (Å²) in [4.78, 5) is 0.392. The van der Waals surface area contributed by atoms with Gasteiger partial charge in [0.2, 0.25) is 10.0 Å². The Morgan fingerprint density at radius 1 is 1.16 bits per heavy atom. The summed E-state index contributed by atoms with van der Waals surface area (Å²) in [5.74, 6) is 0. The molecule has 0 radical (unpaired) electrons. The van der Waals surface area contributed by atoms with E-state index in [2.05, 4.69) is 25.5 Å². The van der Waals surface area contributed by atoms with Crippen molar-refractivity contribution in [2.24, 2.45) is 5.41 Å². The first kappa shape index (κ1) is 16.2. The van der Waals surface area contributed by atoms with E-state index in [9.17, 15) is 8.42 Å². The summed E-state index contributed by atoms with van der Waals surface area (Å²) in [5, 5.41) is 0. The summed E-state index contributed by atoms with van der Waals surface area (Å²) in [6.07, 6.45) is 1.86. The second-order valence-corrected chi connectivity index (χ2v) is 8.07. The van der Waals surface area contributed by atoms with E-state index in [-0.39, 0.29) is 5.41 Å². The highest BCUT2D eigenvalue weighted by Crippen LogP contribution is 2.20. The van der Waals surface area contributed by atoms with Gasteiger partial charge in [-0.15, -0.1) is 0 Å². The second-order valence-electron chi connectivity index (χ2n) is 6.33. The van der Waals surface area contributed by atoms with Crippen LogP contribution in [0, 0.1) is 19.3 Å². The fourth-order valence-electron chi connectivity index (χ4n) is 1.90. The number of nitrogens with one attached hydrogen (secondary N) is 1. The molecule has 0 aliphatic heterocycles. The topological polar surface area (TPSA) is 46.2 Å². The average molecular weight is 283 g/mol. The molecule has 0 spiro atoms. The predicted octanol–water partition coefficient (Wildman–Crippen LogP) is 3.41. The van der Waals surface area contributed by atoms with E-state index in [0.29, 0.717) is 11.4 Å². The number of benzene rings is 1. The first-order valence-electron chi connectivity index (χ1n) is 6.69. The Labute approximate surface area is 117 Å². The molecule has 1 rings (SSSR count). The van der Waals surface area contributed by atoms with Gasteiger partial charge in [-0.1, -0.05) is 32.9 Å². The fourth-order valence-corrected chi connectivity index (χ4v) is 3.30. The lowest BCUT2D eigenvalue weighted by atomic mass is 9.91. The maximum absolute atomic E-state index is 12.2. The largest absolute Gasteiger partial charge is 0.240 e. The van der Waals surface area contributed by atoms with Crippen molar-refractivity contribution >= 4 is 10.0 Å². The number of sulfonamides is 1. The highest BCUT2D eigenvalue weighted by atomic mass is 32.2. The third-order valence-electron chi connectivity index (χ3n) is 3.03. The molecule has 0 fully saturated rings. The van der Waals surface area contributed by atoms with E-state index >= 15 is 0 Å². The van der Waals surface area contributed by atoms with Gasteiger partial charge < -0.3 is 0 Å². The van der Waals surface area contributed by atoms with Gasteiger partial charge in [-0.25, -0.2) is 13.1 Å². The molecule has 0 heterocycles. The van der Waals surface area contributed by atoms with Crippen molar-refractivity contribution in [2.45, 2.75) is 52.4 Å². The Balaban J connectivity index is 2.69. The summed E-state index contributed by atoms with van der Waals surface area (Å²) in [6.45, 7) is 10.7. The number of aryl methyl sites for hydroxylation is 2. The molecule has 1 N–H and O–H groups in total. The van der Waals surface area contributed by atoms with Crippen LogP contribution < -0.4 is 4.72 Å². The lowest BCUT2D eigenvalue weighted by Gasteiger charge is -2.18. The van der Waals surface area contributed by atoms with Crippen molar-refractivity contribution in [3.63, 3.8) is 0 Å². The van der Waals surface area contributed by atoms with Crippen molar-refractivity contribution in [3.05, 3.63) is 29.3 Å². The van der Waals surface area contributed by atoms with Crippen LogP contribution in [-0.4, -0.2) is 15.0 Å². The molecule has 0 saturated carbocycles. The molecule has 0 aliphatic rings. The Morgan fingerprint density at radius 2 is 1.79 bits per heavy atom. The van der Waals surface area contributed by atoms with Crippen LogP contribution in [0.3, 0.4) is 0 Å². The van der Waals surface area contributed by atoms with Gasteiger partial charge >= 0.3 is 0 Å². The third-order valence-corrected chi connectivity index (χ3v) is 4.63. The van der Waals surface area contributed by atoms with Crippen LogP contribution in [-0.2, 0) is 10.0 Å². The van der Waals surface area contributed by atoms with Crippen LogP contribution in [0.4, 0.5) is 0 Å². The predicted molar refractivity (Wildman–Crippen MR) is 79.8 cm³/mol. The monoisotopic (exact) mass is 283 g/mol. The Morgan fingerprint density at radius 3 is 2.37 bits per heavy atom.